The molecule has 0 heterocycles. The van der Waals surface area contributed by atoms with E-state index in [1.54, 1.807) is 0 Å². The number of aryl methyl sites for hydroxylation is 2. The highest BCUT2D eigenvalue weighted by Crippen LogP contribution is 2.31. The first kappa shape index (κ1) is 14.9. The fraction of sp³-hybridized carbons (Fsp3) is 0.647. The van der Waals surface area contributed by atoms with Crippen LogP contribution in [0.3, 0.4) is 0 Å². The van der Waals surface area contributed by atoms with Crippen LogP contribution < -0.4 is 5.32 Å². The average Bonchev–Trinajstić information content (AvgIpc) is 2.92. The van der Waals surface area contributed by atoms with Gasteiger partial charge in [-0.05, 0) is 50.8 Å². The van der Waals surface area contributed by atoms with Crippen LogP contribution in [0.2, 0.25) is 0 Å². The van der Waals surface area contributed by atoms with Crippen molar-refractivity contribution in [3.63, 3.8) is 0 Å². The molecule has 1 unspecified atom stereocenters. The summed E-state index contributed by atoms with van der Waals surface area (Å²) in [5.74, 6) is 2.11. The maximum Gasteiger partial charge on any atom is 0.0189 e. The van der Waals surface area contributed by atoms with Crippen LogP contribution in [0.25, 0.3) is 0 Å². The van der Waals surface area contributed by atoms with Crippen LogP contribution in [0.4, 0.5) is 0 Å². The molecule has 19 heavy (non-hydrogen) atoms. The normalized spacial score (nSPS) is 17.8. The van der Waals surface area contributed by atoms with Gasteiger partial charge in [0.05, 0.1) is 0 Å². The molecule has 2 heteroatoms. The molecule has 0 amide bonds. The molecule has 1 aromatic rings. The predicted octanol–water partition coefficient (Wildman–Crippen LogP) is 4.56. The smallest absolute Gasteiger partial charge is 0.0189 e. The van der Waals surface area contributed by atoms with Crippen LogP contribution in [0.5, 0.6) is 0 Å². The van der Waals surface area contributed by atoms with Gasteiger partial charge in [0.2, 0.25) is 0 Å². The Kier molecular flexibility index (Phi) is 5.77. The molecule has 0 aromatic heterocycles. The van der Waals surface area contributed by atoms with Gasteiger partial charge in [-0.2, -0.15) is 0 Å². The van der Waals surface area contributed by atoms with Crippen LogP contribution in [0.15, 0.2) is 23.1 Å². The standard InChI is InChI=1S/C17H27NS/c1-4-18-16(15-7-5-6-8-15)12-19-17-11-13(2)9-10-14(17)3/h9-11,15-16,18H,4-8,12H2,1-3H3. The number of hydrogen-bond acceptors (Lipinski definition) is 2. The zero-order valence-electron chi connectivity index (χ0n) is 12.5. The Bertz CT molecular complexity index is 396. The molecule has 0 bridgehead atoms. The molecule has 1 aliphatic rings. The second-order valence-corrected chi connectivity index (χ2v) is 6.85. The zero-order valence-corrected chi connectivity index (χ0v) is 13.4. The number of thioether (sulfide) groups is 1. The fourth-order valence-corrected chi connectivity index (χ4v) is 4.34. The summed E-state index contributed by atoms with van der Waals surface area (Å²) in [5.41, 5.74) is 2.78. The third kappa shape index (κ3) is 4.25. The molecule has 1 N–H and O–H groups in total. The van der Waals surface area contributed by atoms with Gasteiger partial charge in [0.25, 0.3) is 0 Å². The molecule has 1 saturated carbocycles. The number of benzene rings is 1. The summed E-state index contributed by atoms with van der Waals surface area (Å²) in [6.07, 6.45) is 5.71. The van der Waals surface area contributed by atoms with E-state index < -0.39 is 0 Å². The van der Waals surface area contributed by atoms with Crippen molar-refractivity contribution >= 4 is 11.8 Å². The van der Waals surface area contributed by atoms with E-state index in [9.17, 15) is 0 Å². The van der Waals surface area contributed by atoms with Crippen molar-refractivity contribution in [2.24, 2.45) is 5.92 Å². The number of hydrogen-bond donors (Lipinski definition) is 1. The van der Waals surface area contributed by atoms with Crippen molar-refractivity contribution < 1.29 is 0 Å². The van der Waals surface area contributed by atoms with Crippen LogP contribution >= 0.6 is 11.8 Å². The van der Waals surface area contributed by atoms with E-state index in [4.69, 9.17) is 0 Å². The minimum Gasteiger partial charge on any atom is -0.313 e. The Morgan fingerprint density at radius 3 is 2.68 bits per heavy atom. The van der Waals surface area contributed by atoms with Crippen LogP contribution in [-0.2, 0) is 0 Å². The zero-order chi connectivity index (χ0) is 13.7. The first-order valence-corrected chi connectivity index (χ1v) is 8.62. The Morgan fingerprint density at radius 2 is 2.00 bits per heavy atom. The van der Waals surface area contributed by atoms with E-state index in [1.165, 1.54) is 47.5 Å². The van der Waals surface area contributed by atoms with Gasteiger partial charge in [0.1, 0.15) is 0 Å². The summed E-state index contributed by atoms with van der Waals surface area (Å²) in [7, 11) is 0. The highest BCUT2D eigenvalue weighted by molar-refractivity contribution is 7.99. The molecular formula is C17H27NS. The molecular weight excluding hydrogens is 250 g/mol. The minimum atomic E-state index is 0.692. The van der Waals surface area contributed by atoms with Crippen molar-refractivity contribution in [3.05, 3.63) is 29.3 Å². The van der Waals surface area contributed by atoms with Crippen LogP contribution in [-0.4, -0.2) is 18.3 Å². The van der Waals surface area contributed by atoms with E-state index in [0.717, 1.165) is 12.5 Å². The SMILES string of the molecule is CCNC(CSc1cc(C)ccc1C)C1CCCC1. The average molecular weight is 277 g/mol. The Labute approximate surface area is 122 Å². The largest absolute Gasteiger partial charge is 0.313 e. The van der Waals surface area contributed by atoms with E-state index in [0.29, 0.717) is 6.04 Å². The summed E-state index contributed by atoms with van der Waals surface area (Å²) in [5, 5.41) is 3.71. The summed E-state index contributed by atoms with van der Waals surface area (Å²) in [6.45, 7) is 7.72. The van der Waals surface area contributed by atoms with Gasteiger partial charge in [0.15, 0.2) is 0 Å². The predicted molar refractivity (Wildman–Crippen MR) is 86.1 cm³/mol. The van der Waals surface area contributed by atoms with Gasteiger partial charge in [-0.15, -0.1) is 11.8 Å². The Balaban J connectivity index is 1.95. The van der Waals surface area contributed by atoms with E-state index in [1.807, 2.05) is 11.8 Å². The monoisotopic (exact) mass is 277 g/mol. The van der Waals surface area contributed by atoms with Gasteiger partial charge in [-0.25, -0.2) is 0 Å². The molecule has 0 aliphatic heterocycles. The first-order chi connectivity index (χ1) is 9.20. The van der Waals surface area contributed by atoms with E-state index in [-0.39, 0.29) is 0 Å². The van der Waals surface area contributed by atoms with Crippen molar-refractivity contribution in [2.75, 3.05) is 12.3 Å². The van der Waals surface area contributed by atoms with Gasteiger partial charge >= 0.3 is 0 Å². The number of nitrogens with one attached hydrogen (secondary N) is 1. The lowest BCUT2D eigenvalue weighted by Gasteiger charge is -2.24. The van der Waals surface area contributed by atoms with Crippen molar-refractivity contribution in [1.29, 1.82) is 0 Å². The van der Waals surface area contributed by atoms with Crippen molar-refractivity contribution in [2.45, 2.75) is 57.4 Å². The molecule has 1 nitrogen and oxygen atoms in total. The molecule has 0 radical (unpaired) electrons. The van der Waals surface area contributed by atoms with Gasteiger partial charge in [0, 0.05) is 16.7 Å². The highest BCUT2D eigenvalue weighted by atomic mass is 32.2. The minimum absolute atomic E-state index is 0.692. The lowest BCUT2D eigenvalue weighted by Crippen LogP contribution is -2.37. The topological polar surface area (TPSA) is 12.0 Å². The lowest BCUT2D eigenvalue weighted by atomic mass is 10.00. The molecule has 2 rings (SSSR count). The van der Waals surface area contributed by atoms with E-state index in [2.05, 4.69) is 44.3 Å². The molecule has 1 fully saturated rings. The lowest BCUT2D eigenvalue weighted by molar-refractivity contribution is 0.394. The molecule has 1 aromatic carbocycles. The fourth-order valence-electron chi connectivity index (χ4n) is 3.03. The molecule has 1 aliphatic carbocycles. The van der Waals surface area contributed by atoms with Crippen LogP contribution in [0.1, 0.15) is 43.7 Å². The van der Waals surface area contributed by atoms with Gasteiger partial charge < -0.3 is 5.32 Å². The van der Waals surface area contributed by atoms with Gasteiger partial charge in [-0.3, -0.25) is 0 Å². The summed E-state index contributed by atoms with van der Waals surface area (Å²) in [4.78, 5) is 1.46. The van der Waals surface area contributed by atoms with Crippen LogP contribution in [0, 0.1) is 19.8 Å². The Morgan fingerprint density at radius 1 is 1.26 bits per heavy atom. The molecule has 1 atom stereocenters. The molecule has 0 spiro atoms. The third-order valence-electron chi connectivity index (χ3n) is 4.20. The molecule has 0 saturated heterocycles. The molecule has 106 valence electrons. The highest BCUT2D eigenvalue weighted by Gasteiger charge is 2.24. The summed E-state index contributed by atoms with van der Waals surface area (Å²) < 4.78 is 0. The summed E-state index contributed by atoms with van der Waals surface area (Å²) in [6, 6.07) is 7.48. The maximum absolute atomic E-state index is 3.71. The maximum atomic E-state index is 3.71. The second-order valence-electron chi connectivity index (χ2n) is 5.79. The number of rotatable bonds is 6. The summed E-state index contributed by atoms with van der Waals surface area (Å²) >= 11 is 2.03. The first-order valence-electron chi connectivity index (χ1n) is 7.64. The van der Waals surface area contributed by atoms with E-state index >= 15 is 0 Å². The Hall–Kier alpha value is -0.470. The van der Waals surface area contributed by atoms with Crippen molar-refractivity contribution in [3.8, 4) is 0 Å². The third-order valence-corrected chi connectivity index (χ3v) is 5.47. The quantitative estimate of drug-likeness (QED) is 0.765. The van der Waals surface area contributed by atoms with Crippen molar-refractivity contribution in [1.82, 2.24) is 5.32 Å². The second kappa shape index (κ2) is 7.35. The van der Waals surface area contributed by atoms with Gasteiger partial charge in [-0.1, -0.05) is 37.5 Å².